The Hall–Kier alpha value is -2.26. The number of nitrogens with zero attached hydrogens (tertiary/aromatic N) is 1. The van der Waals surface area contributed by atoms with Crippen molar-refractivity contribution in [2.75, 3.05) is 20.2 Å². The van der Waals surface area contributed by atoms with Gasteiger partial charge in [-0.3, -0.25) is 14.9 Å². The van der Waals surface area contributed by atoms with Crippen LogP contribution in [0.4, 0.5) is 0 Å². The number of ether oxygens (including phenoxy) is 1. The van der Waals surface area contributed by atoms with E-state index < -0.39 is 5.97 Å². The summed E-state index contributed by atoms with van der Waals surface area (Å²) in [6.45, 7) is 5.59. The molecule has 0 saturated heterocycles. The predicted octanol–water partition coefficient (Wildman–Crippen LogP) is 0.866. The lowest BCUT2D eigenvalue weighted by Gasteiger charge is -2.12. The number of carbonyl (C=O) groups excluding carboxylic acids is 2. The summed E-state index contributed by atoms with van der Waals surface area (Å²) in [5.41, 5.74) is 0.257. The Balaban J connectivity index is 2.37. The molecule has 0 fully saturated rings. The molecule has 2 aromatic heterocycles. The third-order valence-electron chi connectivity index (χ3n) is 3.54. The Kier molecular flexibility index (Phi) is 5.68. The van der Waals surface area contributed by atoms with Crippen molar-refractivity contribution in [3.05, 3.63) is 26.6 Å². The molecular weight excluding hydrogens is 332 g/mol. The summed E-state index contributed by atoms with van der Waals surface area (Å²) in [4.78, 5) is 43.6. The van der Waals surface area contributed by atoms with E-state index in [-0.39, 0.29) is 30.7 Å². The van der Waals surface area contributed by atoms with Crippen LogP contribution in [0.3, 0.4) is 0 Å². The average molecular weight is 352 g/mol. The third-order valence-corrected chi connectivity index (χ3v) is 4.70. The number of aryl methyl sites for hydroxylation is 1. The molecule has 8 nitrogen and oxygen atoms in total. The van der Waals surface area contributed by atoms with Gasteiger partial charge in [-0.2, -0.15) is 0 Å². The molecule has 0 aliphatic rings. The molecule has 2 aromatic rings. The number of likely N-dealkylation sites (N-methyl/N-ethyl adjacent to an activating group) is 1. The second kappa shape index (κ2) is 7.54. The minimum atomic E-state index is -0.454. The van der Waals surface area contributed by atoms with Crippen molar-refractivity contribution in [1.29, 1.82) is 0 Å². The van der Waals surface area contributed by atoms with Crippen LogP contribution in [0.15, 0.2) is 4.79 Å². The van der Waals surface area contributed by atoms with Crippen molar-refractivity contribution < 1.29 is 14.3 Å². The second-order valence-electron chi connectivity index (χ2n) is 5.18. The molecule has 0 bridgehead atoms. The molecule has 0 aliphatic heterocycles. The predicted molar refractivity (Wildman–Crippen MR) is 91.4 cm³/mol. The monoisotopic (exact) mass is 352 g/mol. The molecule has 0 saturated carbocycles. The van der Waals surface area contributed by atoms with Gasteiger partial charge in [-0.15, -0.1) is 11.3 Å². The van der Waals surface area contributed by atoms with Crippen molar-refractivity contribution in [2.24, 2.45) is 0 Å². The number of esters is 1. The van der Waals surface area contributed by atoms with Crippen LogP contribution in [-0.2, 0) is 9.53 Å². The lowest BCUT2D eigenvalue weighted by atomic mass is 10.2. The van der Waals surface area contributed by atoms with Gasteiger partial charge in [-0.05, 0) is 26.3 Å². The van der Waals surface area contributed by atoms with E-state index in [4.69, 9.17) is 4.74 Å². The standard InChI is InChI=1S/C15H20N4O4S/c1-5-23-15(22)11-7(2)10-13(21)18-12(19-14(10)24-11)8(3)17-6-9(20)16-4/h8,17H,5-6H2,1-4H3,(H,16,20)(H,18,19,21)/t8-/m1/s1. The Bertz CT molecular complexity index is 827. The van der Waals surface area contributed by atoms with Gasteiger partial charge in [-0.25, -0.2) is 9.78 Å². The number of rotatable bonds is 6. The lowest BCUT2D eigenvalue weighted by Crippen LogP contribution is -2.34. The minimum absolute atomic E-state index is 0.108. The average Bonchev–Trinajstić information content (AvgIpc) is 2.89. The van der Waals surface area contributed by atoms with E-state index in [0.717, 1.165) is 11.3 Å². The number of nitrogens with one attached hydrogen (secondary N) is 3. The van der Waals surface area contributed by atoms with E-state index in [1.807, 2.05) is 0 Å². The molecule has 130 valence electrons. The van der Waals surface area contributed by atoms with Crippen LogP contribution in [0.5, 0.6) is 0 Å². The zero-order valence-corrected chi connectivity index (χ0v) is 14.8. The smallest absolute Gasteiger partial charge is 0.348 e. The highest BCUT2D eigenvalue weighted by atomic mass is 32.1. The molecule has 0 spiro atoms. The summed E-state index contributed by atoms with van der Waals surface area (Å²) < 4.78 is 5.01. The third kappa shape index (κ3) is 3.62. The Morgan fingerprint density at radius 2 is 2.12 bits per heavy atom. The molecular formula is C15H20N4O4S. The Morgan fingerprint density at radius 3 is 2.75 bits per heavy atom. The molecule has 2 rings (SSSR count). The van der Waals surface area contributed by atoms with E-state index in [0.29, 0.717) is 26.5 Å². The molecule has 0 aliphatic carbocycles. The summed E-state index contributed by atoms with van der Waals surface area (Å²) in [6.07, 6.45) is 0. The summed E-state index contributed by atoms with van der Waals surface area (Å²) in [5, 5.41) is 5.87. The number of fused-ring (bicyclic) bond motifs is 1. The molecule has 1 amide bonds. The van der Waals surface area contributed by atoms with Gasteiger partial charge in [0.05, 0.1) is 24.6 Å². The van der Waals surface area contributed by atoms with E-state index in [2.05, 4.69) is 20.6 Å². The first kappa shape index (κ1) is 18.1. The van der Waals surface area contributed by atoms with E-state index in [1.165, 1.54) is 0 Å². The van der Waals surface area contributed by atoms with Crippen molar-refractivity contribution >= 4 is 33.4 Å². The largest absolute Gasteiger partial charge is 0.462 e. The van der Waals surface area contributed by atoms with Gasteiger partial charge in [0.2, 0.25) is 5.91 Å². The summed E-state index contributed by atoms with van der Waals surface area (Å²) in [6, 6.07) is -0.326. The van der Waals surface area contributed by atoms with Crippen LogP contribution in [0.25, 0.3) is 10.2 Å². The van der Waals surface area contributed by atoms with Crippen LogP contribution in [-0.4, -0.2) is 42.0 Å². The molecule has 2 heterocycles. The van der Waals surface area contributed by atoms with Crippen LogP contribution in [0, 0.1) is 6.92 Å². The number of hydrogen-bond donors (Lipinski definition) is 3. The van der Waals surface area contributed by atoms with Crippen LogP contribution in [0.2, 0.25) is 0 Å². The fraction of sp³-hybridized carbons (Fsp3) is 0.467. The number of aromatic amines is 1. The Morgan fingerprint density at radius 1 is 1.42 bits per heavy atom. The van der Waals surface area contributed by atoms with Crippen molar-refractivity contribution in [3.63, 3.8) is 0 Å². The molecule has 0 unspecified atom stereocenters. The van der Waals surface area contributed by atoms with Gasteiger partial charge in [-0.1, -0.05) is 0 Å². The maximum Gasteiger partial charge on any atom is 0.348 e. The van der Waals surface area contributed by atoms with Gasteiger partial charge in [0, 0.05) is 7.05 Å². The number of amides is 1. The molecule has 0 radical (unpaired) electrons. The fourth-order valence-electron chi connectivity index (χ4n) is 2.19. The molecule has 24 heavy (non-hydrogen) atoms. The first-order chi connectivity index (χ1) is 11.4. The number of hydrogen-bond acceptors (Lipinski definition) is 7. The zero-order valence-electron chi connectivity index (χ0n) is 14.0. The minimum Gasteiger partial charge on any atom is -0.462 e. The summed E-state index contributed by atoms with van der Waals surface area (Å²) >= 11 is 1.13. The maximum atomic E-state index is 12.4. The van der Waals surface area contributed by atoms with Crippen LogP contribution < -0.4 is 16.2 Å². The number of carbonyl (C=O) groups is 2. The van der Waals surface area contributed by atoms with Crippen molar-refractivity contribution in [3.8, 4) is 0 Å². The molecule has 3 N–H and O–H groups in total. The first-order valence-corrected chi connectivity index (χ1v) is 8.35. The SMILES string of the molecule is CCOC(=O)c1sc2nc([C@@H](C)NCC(=O)NC)[nH]c(=O)c2c1C. The summed E-state index contributed by atoms with van der Waals surface area (Å²) in [5.74, 6) is -0.209. The van der Waals surface area contributed by atoms with Gasteiger partial charge >= 0.3 is 5.97 Å². The van der Waals surface area contributed by atoms with Gasteiger partial charge in [0.25, 0.3) is 5.56 Å². The maximum absolute atomic E-state index is 12.4. The zero-order chi connectivity index (χ0) is 17.9. The fourth-order valence-corrected chi connectivity index (χ4v) is 3.27. The lowest BCUT2D eigenvalue weighted by molar-refractivity contribution is -0.119. The molecule has 1 atom stereocenters. The van der Waals surface area contributed by atoms with Gasteiger partial charge in [0.15, 0.2) is 0 Å². The van der Waals surface area contributed by atoms with Gasteiger partial charge in [0.1, 0.15) is 15.5 Å². The quantitative estimate of drug-likeness (QED) is 0.665. The van der Waals surface area contributed by atoms with E-state index >= 15 is 0 Å². The topological polar surface area (TPSA) is 113 Å². The van der Waals surface area contributed by atoms with Crippen LogP contribution in [0.1, 0.15) is 40.9 Å². The number of H-pyrrole nitrogens is 1. The number of thiophene rings is 1. The Labute approximate surface area is 142 Å². The van der Waals surface area contributed by atoms with Crippen molar-refractivity contribution in [1.82, 2.24) is 20.6 Å². The molecule has 0 aromatic carbocycles. The van der Waals surface area contributed by atoms with E-state index in [1.54, 1.807) is 27.8 Å². The number of aromatic nitrogens is 2. The first-order valence-electron chi connectivity index (χ1n) is 7.53. The van der Waals surface area contributed by atoms with Crippen molar-refractivity contribution in [2.45, 2.75) is 26.8 Å². The highest BCUT2D eigenvalue weighted by Gasteiger charge is 2.21. The highest BCUT2D eigenvalue weighted by Crippen LogP contribution is 2.28. The second-order valence-corrected chi connectivity index (χ2v) is 6.18. The summed E-state index contributed by atoms with van der Waals surface area (Å²) in [7, 11) is 1.55. The normalized spacial score (nSPS) is 12.2. The van der Waals surface area contributed by atoms with Gasteiger partial charge < -0.3 is 15.0 Å². The molecule has 9 heteroatoms. The van der Waals surface area contributed by atoms with Crippen LogP contribution >= 0.6 is 11.3 Å². The highest BCUT2D eigenvalue weighted by molar-refractivity contribution is 7.20. The van der Waals surface area contributed by atoms with E-state index in [9.17, 15) is 14.4 Å².